The highest BCUT2D eigenvalue weighted by Gasteiger charge is 2.32. The highest BCUT2D eigenvalue weighted by atomic mass is 32.2. The number of carboxylic acid groups (broad SMARTS) is 2. The van der Waals surface area contributed by atoms with Gasteiger partial charge in [0, 0.05) is 98.0 Å². The van der Waals surface area contributed by atoms with Gasteiger partial charge in [0.2, 0.25) is 0 Å². The summed E-state index contributed by atoms with van der Waals surface area (Å²) in [6.07, 6.45) is 6.89. The van der Waals surface area contributed by atoms with Gasteiger partial charge in [-0.2, -0.15) is 8.42 Å². The molecule has 0 radical (unpaired) electrons. The zero-order chi connectivity index (χ0) is 101. The molecule has 9 aliphatic rings. The number of rotatable bonds is 30. The molecule has 0 aliphatic carbocycles. The van der Waals surface area contributed by atoms with Gasteiger partial charge in [-0.15, -0.1) is 0 Å². The Hall–Kier alpha value is -12.6. The first-order valence-electron chi connectivity index (χ1n) is 49.4. The van der Waals surface area contributed by atoms with E-state index in [9.17, 15) is 27.9 Å². The number of aliphatic hydroxyl groups is 2. The van der Waals surface area contributed by atoms with Gasteiger partial charge in [0.25, 0.3) is 10.1 Å². The molecular formula is C116H132O27S. The van der Waals surface area contributed by atoms with Gasteiger partial charge in [0.1, 0.15) is 108 Å². The molecule has 144 heavy (non-hydrogen) atoms. The molecule has 0 saturated carbocycles. The molecule has 0 aromatic heterocycles. The van der Waals surface area contributed by atoms with E-state index in [4.69, 9.17) is 95.8 Å². The van der Waals surface area contributed by atoms with Gasteiger partial charge < -0.3 is 101 Å². The third kappa shape index (κ3) is 29.8. The molecule has 764 valence electrons. The first-order chi connectivity index (χ1) is 69.6. The highest BCUT2D eigenvalue weighted by Crippen LogP contribution is 2.45. The number of carbonyl (C=O) groups excluding carboxylic acids is 1. The highest BCUT2D eigenvalue weighted by molar-refractivity contribution is 7.86. The summed E-state index contributed by atoms with van der Waals surface area (Å²) in [5, 5.41) is 36.1. The van der Waals surface area contributed by atoms with Crippen LogP contribution in [0.25, 0.3) is 44.5 Å². The number of hydrogen-bond donors (Lipinski definition) is 4. The molecule has 11 aromatic carbocycles. The molecule has 20 rings (SSSR count). The molecule has 28 heteroatoms. The minimum Gasteiger partial charge on any atom is -0.492 e. The molecule has 11 aromatic rings. The lowest BCUT2D eigenvalue weighted by Crippen LogP contribution is -2.16. The molecule has 0 amide bonds. The van der Waals surface area contributed by atoms with Crippen LogP contribution in [0.1, 0.15) is 159 Å². The van der Waals surface area contributed by atoms with E-state index in [0.29, 0.717) is 122 Å². The van der Waals surface area contributed by atoms with Crippen LogP contribution in [0, 0.1) is 55.4 Å². The smallest absolute Gasteiger partial charge is 0.306 e. The quantitative estimate of drug-likeness (QED) is 0.0240. The van der Waals surface area contributed by atoms with Crippen LogP contribution in [-0.4, -0.2) is 196 Å². The van der Waals surface area contributed by atoms with Gasteiger partial charge in [-0.25, -0.2) is 0 Å². The van der Waals surface area contributed by atoms with Crippen LogP contribution in [0.3, 0.4) is 0 Å². The average Bonchev–Trinajstić information content (AvgIpc) is 1.79. The standard InChI is InChI=1S/C30H32O6.2C29H30O6.C19H22O3.C5H10O4S.C4H8O2/c1-19-11-26(36-25-9-10-33-18-25)12-20(2)30(19)22-6-4-5-21(13-22)16-34-24-7-8-27-23(14-29(31)32-3)17-35-28(27)15-24;2*1-18-10-25(35-24-8-9-32-17-24)11-19(2)29(18)21-5-3-4-20(12-21)15-33-23-6-7-26-22(13-28(30)31)16-34-27(26)14-23;1-13-8-18(22-17-6-7-21-12-17)9-14(2)19(13)16-5-3-4-15(10-16)11-20;1-10(6,7)9-5-2-3-8-4-5;5-4-1-2-6-3-4/h4-8,11-13,15,23,25H,9-10,14,16-18H2,1-3H3;2*3-7,10-12,14,22,24H,8-9,13,15-17H2,1-2H3,(H,30,31);3-5,8-10,17,20H,6-7,11-12H2,1-2H3;5H,2-4H2,1H3;4-5H,1-3H2/t23-,25+;2*22-,24+;17-;5-;4-/m111011/s1. The summed E-state index contributed by atoms with van der Waals surface area (Å²) in [6.45, 7) is 27.5. The minimum atomic E-state index is -3.29. The van der Waals surface area contributed by atoms with Crippen molar-refractivity contribution < 1.29 is 128 Å². The number of hydrogen-bond acceptors (Lipinski definition) is 25. The van der Waals surface area contributed by atoms with Crippen LogP contribution in [0.15, 0.2) is 200 Å². The second kappa shape index (κ2) is 50.8. The Kier molecular flexibility index (Phi) is 37.3. The summed E-state index contributed by atoms with van der Waals surface area (Å²) in [6, 6.07) is 67.2. The maximum absolute atomic E-state index is 11.6. The minimum absolute atomic E-state index is 0.0212. The molecule has 9 aliphatic heterocycles. The van der Waals surface area contributed by atoms with E-state index in [-0.39, 0.29) is 79.8 Å². The van der Waals surface area contributed by atoms with Crippen molar-refractivity contribution in [2.45, 2.75) is 194 Å². The van der Waals surface area contributed by atoms with E-state index in [2.05, 4.69) is 187 Å². The molecule has 4 N–H and O–H groups in total. The van der Waals surface area contributed by atoms with Gasteiger partial charge >= 0.3 is 17.9 Å². The van der Waals surface area contributed by atoms with Gasteiger partial charge in [-0.05, 0) is 264 Å². The van der Waals surface area contributed by atoms with Gasteiger partial charge in [-0.1, -0.05) is 91.0 Å². The maximum Gasteiger partial charge on any atom is 0.306 e. The Balaban J connectivity index is 0.000000138. The summed E-state index contributed by atoms with van der Waals surface area (Å²) in [5.74, 6) is 5.87. The first kappa shape index (κ1) is 106. The van der Waals surface area contributed by atoms with Gasteiger partial charge in [-0.3, -0.25) is 18.6 Å². The first-order valence-corrected chi connectivity index (χ1v) is 51.2. The van der Waals surface area contributed by atoms with E-state index in [1.807, 2.05) is 72.8 Å². The summed E-state index contributed by atoms with van der Waals surface area (Å²) in [5.41, 5.74) is 25.9. The Morgan fingerprint density at radius 1 is 0.333 bits per heavy atom. The van der Waals surface area contributed by atoms with E-state index in [1.165, 1.54) is 73.9 Å². The average molecular weight is 1990 g/mol. The van der Waals surface area contributed by atoms with E-state index in [1.54, 1.807) is 0 Å². The second-order valence-electron chi connectivity index (χ2n) is 37.9. The SMILES string of the molecule is COC(=O)C[C@@H]1COc2cc(OCc3cccc(-c4c(C)cc(O[C@H]5CCOC5)cc4C)c3)ccc21.CS(=O)(=O)O[C@@H]1CCOC1.Cc1cc(O[C@H]2CCOC2)cc(C)c1-c1cccc(CO)c1.Cc1cc(O[C@H]2CCOC2)cc(C)c1-c1cccc(COc2ccc3c(c2)OC[C@H]3CC(=O)O)c1.Cc1cc(O[C@H]2CCOC2)cc(C)c1-c1cccc(COc2ccc3c(c2)OC[C@H]3CC(=O)O)c1.O[C@@H]1CCOC1. The van der Waals surface area contributed by atoms with E-state index < -0.39 is 22.1 Å². The summed E-state index contributed by atoms with van der Waals surface area (Å²) >= 11 is 0. The summed E-state index contributed by atoms with van der Waals surface area (Å²) in [4.78, 5) is 33.8. The normalized spacial score (nSPS) is 19.7. The number of fused-ring (bicyclic) bond motifs is 3. The summed E-state index contributed by atoms with van der Waals surface area (Å²) < 4.78 is 122. The Labute approximate surface area is 843 Å². The van der Waals surface area contributed by atoms with Crippen molar-refractivity contribution in [2.24, 2.45) is 0 Å². The number of benzene rings is 11. The monoisotopic (exact) mass is 1990 g/mol. The fourth-order valence-electron chi connectivity index (χ4n) is 19.4. The lowest BCUT2D eigenvalue weighted by molar-refractivity contribution is -0.141. The van der Waals surface area contributed by atoms with Crippen LogP contribution < -0.4 is 47.4 Å². The molecule has 6 fully saturated rings. The predicted molar refractivity (Wildman–Crippen MR) is 546 cm³/mol. The van der Waals surface area contributed by atoms with Crippen molar-refractivity contribution in [3.05, 3.63) is 284 Å². The number of esters is 1. The lowest BCUT2D eigenvalue weighted by Gasteiger charge is -2.17. The molecular weight excluding hydrogens is 1860 g/mol. The van der Waals surface area contributed by atoms with E-state index >= 15 is 0 Å². The second-order valence-corrected chi connectivity index (χ2v) is 39.5. The molecule has 9 heterocycles. The number of ether oxygens (including phenoxy) is 17. The Bertz CT molecular complexity index is 6030. The lowest BCUT2D eigenvalue weighted by atomic mass is 9.94. The van der Waals surface area contributed by atoms with E-state index in [0.717, 1.165) is 167 Å². The third-order valence-electron chi connectivity index (χ3n) is 26.2. The molecule has 0 spiro atoms. The molecule has 0 bridgehead atoms. The molecule has 9 atom stereocenters. The van der Waals surface area contributed by atoms with Crippen molar-refractivity contribution >= 4 is 28.0 Å². The molecule has 27 nitrogen and oxygen atoms in total. The Morgan fingerprint density at radius 2 is 0.611 bits per heavy atom. The van der Waals surface area contributed by atoms with Crippen molar-refractivity contribution in [2.75, 3.05) is 112 Å². The zero-order valence-electron chi connectivity index (χ0n) is 83.6. The van der Waals surface area contributed by atoms with Crippen LogP contribution in [0.2, 0.25) is 0 Å². The number of carbonyl (C=O) groups is 3. The van der Waals surface area contributed by atoms with Crippen LogP contribution in [-0.2, 0) is 88.3 Å². The number of methoxy groups -OCH3 is 1. The maximum atomic E-state index is 11.6. The fraction of sp³-hybridized carbons (Fsp3) is 0.405. The van der Waals surface area contributed by atoms with Crippen molar-refractivity contribution in [1.82, 2.24) is 0 Å². The molecule has 6 saturated heterocycles. The van der Waals surface area contributed by atoms with Crippen LogP contribution >= 0.6 is 0 Å². The predicted octanol–water partition coefficient (Wildman–Crippen LogP) is 20.2. The van der Waals surface area contributed by atoms with Crippen LogP contribution in [0.4, 0.5) is 0 Å². The number of aryl methyl sites for hydroxylation is 8. The van der Waals surface area contributed by atoms with Crippen LogP contribution in [0.5, 0.6) is 57.5 Å². The van der Waals surface area contributed by atoms with Crippen molar-refractivity contribution in [3.8, 4) is 102 Å². The van der Waals surface area contributed by atoms with Gasteiger partial charge in [0.15, 0.2) is 0 Å². The number of aliphatic hydroxyl groups excluding tert-OH is 2. The van der Waals surface area contributed by atoms with Crippen molar-refractivity contribution in [3.63, 3.8) is 0 Å². The zero-order valence-corrected chi connectivity index (χ0v) is 84.5. The topological polar surface area (TPSA) is 332 Å². The fourth-order valence-corrected chi connectivity index (χ4v) is 20.0. The Morgan fingerprint density at radius 3 is 0.861 bits per heavy atom. The third-order valence-corrected chi connectivity index (χ3v) is 26.9. The van der Waals surface area contributed by atoms with Crippen molar-refractivity contribution in [1.29, 1.82) is 0 Å². The largest absolute Gasteiger partial charge is 0.492 e. The number of carboxylic acids is 2. The molecule has 0 unspecified atom stereocenters. The number of aliphatic carboxylic acids is 2. The van der Waals surface area contributed by atoms with Gasteiger partial charge in [0.05, 0.1) is 131 Å². The summed E-state index contributed by atoms with van der Waals surface area (Å²) in [7, 11) is -1.88.